The summed E-state index contributed by atoms with van der Waals surface area (Å²) < 4.78 is 10.5. The fourth-order valence-corrected chi connectivity index (χ4v) is 2.12. The molecule has 19 heavy (non-hydrogen) atoms. The van der Waals surface area contributed by atoms with Crippen molar-refractivity contribution < 1.29 is 9.15 Å². The van der Waals surface area contributed by atoms with Crippen LogP contribution in [0.4, 0.5) is 5.69 Å². The molecule has 2 N–H and O–H groups in total. The number of nitrogens with two attached hydrogens (primary N) is 1. The van der Waals surface area contributed by atoms with Crippen molar-refractivity contribution >= 4 is 5.69 Å². The Labute approximate surface area is 113 Å². The summed E-state index contributed by atoms with van der Waals surface area (Å²) in [6.07, 6.45) is 1.73. The average molecular weight is 260 g/mol. The first-order chi connectivity index (χ1) is 9.10. The van der Waals surface area contributed by atoms with E-state index in [0.29, 0.717) is 5.69 Å². The third-order valence-corrected chi connectivity index (χ3v) is 3.15. The van der Waals surface area contributed by atoms with Crippen LogP contribution >= 0.6 is 0 Å². The molecule has 1 aromatic carbocycles. The number of nitrogens with zero attached hydrogens (tertiary/aromatic N) is 1. The summed E-state index contributed by atoms with van der Waals surface area (Å²) in [5, 5.41) is 0. The topological polar surface area (TPSA) is 51.6 Å². The summed E-state index contributed by atoms with van der Waals surface area (Å²) in [7, 11) is 3.70. The van der Waals surface area contributed by atoms with Crippen LogP contribution in [0, 0.1) is 6.92 Å². The van der Waals surface area contributed by atoms with Crippen molar-refractivity contribution in [1.29, 1.82) is 0 Å². The Morgan fingerprint density at radius 2 is 2.05 bits per heavy atom. The molecule has 0 saturated carbocycles. The van der Waals surface area contributed by atoms with Gasteiger partial charge in [0, 0.05) is 18.7 Å². The van der Waals surface area contributed by atoms with Crippen molar-refractivity contribution in [2.24, 2.45) is 0 Å². The van der Waals surface area contributed by atoms with Crippen LogP contribution in [0.2, 0.25) is 0 Å². The first kappa shape index (κ1) is 13.5. The molecule has 0 fully saturated rings. The first-order valence-corrected chi connectivity index (χ1v) is 6.24. The maximum absolute atomic E-state index is 5.91. The van der Waals surface area contributed by atoms with Gasteiger partial charge in [-0.15, -0.1) is 0 Å². The van der Waals surface area contributed by atoms with E-state index in [1.54, 1.807) is 13.4 Å². The van der Waals surface area contributed by atoms with Crippen LogP contribution in [0.1, 0.15) is 16.9 Å². The number of ether oxygens (including phenoxy) is 1. The second-order valence-corrected chi connectivity index (χ2v) is 4.75. The van der Waals surface area contributed by atoms with Gasteiger partial charge in [-0.05, 0) is 37.7 Å². The van der Waals surface area contributed by atoms with Gasteiger partial charge in [0.25, 0.3) is 0 Å². The zero-order valence-electron chi connectivity index (χ0n) is 11.6. The standard InChI is InChI=1S/C15H20N2O2/c1-11-13(6-7-19-11)10-17(2)9-12-4-5-15(18-3)14(16)8-12/h4-8H,9-10,16H2,1-3H3. The van der Waals surface area contributed by atoms with Crippen LogP contribution in [0.15, 0.2) is 34.9 Å². The van der Waals surface area contributed by atoms with Gasteiger partial charge in [-0.25, -0.2) is 0 Å². The van der Waals surface area contributed by atoms with Gasteiger partial charge in [-0.3, -0.25) is 4.90 Å². The summed E-state index contributed by atoms with van der Waals surface area (Å²) in [5.74, 6) is 1.69. The van der Waals surface area contributed by atoms with E-state index in [1.165, 1.54) is 11.1 Å². The Morgan fingerprint density at radius 3 is 2.63 bits per heavy atom. The van der Waals surface area contributed by atoms with E-state index >= 15 is 0 Å². The number of anilines is 1. The molecule has 2 aromatic rings. The van der Waals surface area contributed by atoms with Crippen LogP contribution in [0.3, 0.4) is 0 Å². The third-order valence-electron chi connectivity index (χ3n) is 3.15. The number of rotatable bonds is 5. The van der Waals surface area contributed by atoms with Crippen LogP contribution in [0.5, 0.6) is 5.75 Å². The molecule has 4 heteroatoms. The van der Waals surface area contributed by atoms with Gasteiger partial charge >= 0.3 is 0 Å². The highest BCUT2D eigenvalue weighted by atomic mass is 16.5. The largest absolute Gasteiger partial charge is 0.495 e. The number of hydrogen-bond donors (Lipinski definition) is 1. The van der Waals surface area contributed by atoms with Crippen molar-refractivity contribution in [3.63, 3.8) is 0 Å². The van der Waals surface area contributed by atoms with E-state index in [0.717, 1.165) is 24.6 Å². The number of benzene rings is 1. The van der Waals surface area contributed by atoms with Crippen LogP contribution in [-0.2, 0) is 13.1 Å². The summed E-state index contributed by atoms with van der Waals surface area (Å²) in [5.41, 5.74) is 8.96. The Hall–Kier alpha value is -1.94. The zero-order valence-corrected chi connectivity index (χ0v) is 11.6. The minimum atomic E-state index is 0.674. The van der Waals surface area contributed by atoms with Gasteiger partial charge in [0.05, 0.1) is 19.1 Å². The summed E-state index contributed by atoms with van der Waals surface area (Å²) >= 11 is 0. The van der Waals surface area contributed by atoms with Crippen LogP contribution < -0.4 is 10.5 Å². The van der Waals surface area contributed by atoms with E-state index < -0.39 is 0 Å². The van der Waals surface area contributed by atoms with Gasteiger partial charge in [0.2, 0.25) is 0 Å². The molecule has 102 valence electrons. The lowest BCUT2D eigenvalue weighted by Gasteiger charge is -2.17. The lowest BCUT2D eigenvalue weighted by Crippen LogP contribution is -2.17. The SMILES string of the molecule is COc1ccc(CN(C)Cc2ccoc2C)cc1N. The lowest BCUT2D eigenvalue weighted by molar-refractivity contribution is 0.316. The second kappa shape index (κ2) is 5.80. The quantitative estimate of drug-likeness (QED) is 0.840. The lowest BCUT2D eigenvalue weighted by atomic mass is 10.1. The van der Waals surface area contributed by atoms with E-state index in [9.17, 15) is 0 Å². The average Bonchev–Trinajstić information content (AvgIpc) is 2.75. The van der Waals surface area contributed by atoms with Gasteiger partial charge in [-0.1, -0.05) is 6.07 Å². The molecule has 0 bridgehead atoms. The minimum Gasteiger partial charge on any atom is -0.495 e. The molecular weight excluding hydrogens is 240 g/mol. The van der Waals surface area contributed by atoms with Gasteiger partial charge in [0.15, 0.2) is 0 Å². The summed E-state index contributed by atoms with van der Waals surface area (Å²) in [4.78, 5) is 2.22. The second-order valence-electron chi connectivity index (χ2n) is 4.75. The molecule has 4 nitrogen and oxygen atoms in total. The summed E-state index contributed by atoms with van der Waals surface area (Å²) in [6, 6.07) is 7.90. The van der Waals surface area contributed by atoms with Crippen LogP contribution in [0.25, 0.3) is 0 Å². The van der Waals surface area contributed by atoms with Crippen molar-refractivity contribution in [3.8, 4) is 5.75 Å². The van der Waals surface area contributed by atoms with Crippen LogP contribution in [-0.4, -0.2) is 19.1 Å². The molecule has 0 aliphatic heterocycles. The fraction of sp³-hybridized carbons (Fsp3) is 0.333. The maximum atomic E-state index is 5.91. The minimum absolute atomic E-state index is 0.674. The van der Waals surface area contributed by atoms with Crippen molar-refractivity contribution in [3.05, 3.63) is 47.4 Å². The predicted octanol–water partition coefficient (Wildman–Crippen LogP) is 2.81. The smallest absolute Gasteiger partial charge is 0.141 e. The third kappa shape index (κ3) is 3.29. The van der Waals surface area contributed by atoms with E-state index in [4.69, 9.17) is 14.9 Å². The van der Waals surface area contributed by atoms with E-state index in [2.05, 4.69) is 11.9 Å². The molecular formula is C15H20N2O2. The zero-order chi connectivity index (χ0) is 13.8. The molecule has 0 saturated heterocycles. The van der Waals surface area contributed by atoms with Gasteiger partial charge < -0.3 is 14.9 Å². The molecule has 0 spiro atoms. The van der Waals surface area contributed by atoms with E-state index in [-0.39, 0.29) is 0 Å². The van der Waals surface area contributed by atoms with Gasteiger partial charge in [-0.2, -0.15) is 0 Å². The normalized spacial score (nSPS) is 10.9. The summed E-state index contributed by atoms with van der Waals surface area (Å²) in [6.45, 7) is 3.67. The highest BCUT2D eigenvalue weighted by Crippen LogP contribution is 2.23. The van der Waals surface area contributed by atoms with Crippen molar-refractivity contribution in [2.45, 2.75) is 20.0 Å². The van der Waals surface area contributed by atoms with Gasteiger partial charge in [0.1, 0.15) is 11.5 Å². The van der Waals surface area contributed by atoms with Crippen molar-refractivity contribution in [2.75, 3.05) is 19.9 Å². The Kier molecular flexibility index (Phi) is 4.12. The molecule has 0 amide bonds. The number of methoxy groups -OCH3 is 1. The number of hydrogen-bond acceptors (Lipinski definition) is 4. The molecule has 1 aromatic heterocycles. The Morgan fingerprint density at radius 1 is 1.26 bits per heavy atom. The molecule has 0 atom stereocenters. The molecule has 2 rings (SSSR count). The molecule has 0 radical (unpaired) electrons. The predicted molar refractivity (Wildman–Crippen MR) is 76.0 cm³/mol. The molecule has 0 unspecified atom stereocenters. The maximum Gasteiger partial charge on any atom is 0.141 e. The van der Waals surface area contributed by atoms with E-state index in [1.807, 2.05) is 31.2 Å². The fourth-order valence-electron chi connectivity index (χ4n) is 2.12. The Balaban J connectivity index is 2.01. The molecule has 0 aliphatic carbocycles. The number of nitrogen functional groups attached to an aromatic ring is 1. The first-order valence-electron chi connectivity index (χ1n) is 6.24. The highest BCUT2D eigenvalue weighted by molar-refractivity contribution is 5.54. The molecule has 0 aliphatic rings. The van der Waals surface area contributed by atoms with Crippen molar-refractivity contribution in [1.82, 2.24) is 4.90 Å². The number of furan rings is 1. The Bertz CT molecular complexity index is 549. The number of aryl methyl sites for hydroxylation is 1. The highest BCUT2D eigenvalue weighted by Gasteiger charge is 2.07. The monoisotopic (exact) mass is 260 g/mol. The molecule has 1 heterocycles.